The van der Waals surface area contributed by atoms with Gasteiger partial charge in [0.25, 0.3) is 12.4 Å². The molecule has 2 bridgehead atoms. The third kappa shape index (κ3) is 4.92. The minimum atomic E-state index is -0.250. The summed E-state index contributed by atoms with van der Waals surface area (Å²) < 4.78 is 6.50. The number of aromatic nitrogens is 1. The third-order valence-corrected chi connectivity index (χ3v) is 7.47. The zero-order chi connectivity index (χ0) is 21.7. The van der Waals surface area contributed by atoms with Crippen molar-refractivity contribution in [3.05, 3.63) is 27.7 Å². The number of carbonyl (C=O) groups is 2. The largest absolute Gasteiger partial charge is 0.483 e. The van der Waals surface area contributed by atoms with Crippen LogP contribution >= 0.6 is 11.3 Å². The topological polar surface area (TPSA) is 91.8 Å². The normalized spacial score (nSPS) is 30.0. The maximum absolute atomic E-state index is 12.4. The maximum atomic E-state index is 12.4. The second-order valence-corrected chi connectivity index (χ2v) is 9.59. The van der Waals surface area contributed by atoms with E-state index in [9.17, 15) is 4.79 Å². The van der Waals surface area contributed by atoms with Crippen LogP contribution in [0.15, 0.2) is 17.0 Å². The minimum Gasteiger partial charge on any atom is -0.483 e. The second-order valence-electron chi connectivity index (χ2n) is 8.53. The van der Waals surface area contributed by atoms with Gasteiger partial charge in [0.15, 0.2) is 0 Å². The van der Waals surface area contributed by atoms with E-state index < -0.39 is 0 Å². The van der Waals surface area contributed by atoms with Crippen molar-refractivity contribution in [3.63, 3.8) is 0 Å². The Hall–Kier alpha value is -1.77. The van der Waals surface area contributed by atoms with Crippen LogP contribution in [0.25, 0.3) is 0 Å². The smallest absolute Gasteiger partial charge is 0.290 e. The number of amides is 1. The van der Waals surface area contributed by atoms with Crippen molar-refractivity contribution >= 4 is 23.7 Å². The first-order valence-electron chi connectivity index (χ1n) is 10.8. The lowest BCUT2D eigenvalue weighted by Gasteiger charge is -2.29. The predicted octanol–water partition coefficient (Wildman–Crippen LogP) is 3.11. The fourth-order valence-electron chi connectivity index (χ4n) is 5.14. The lowest BCUT2D eigenvalue weighted by atomic mass is 9.73. The van der Waals surface area contributed by atoms with Gasteiger partial charge in [-0.05, 0) is 39.5 Å². The number of hydrogen-bond donors (Lipinski definition) is 2. The molecule has 0 saturated carbocycles. The van der Waals surface area contributed by atoms with Gasteiger partial charge in [-0.15, -0.1) is 11.3 Å². The van der Waals surface area contributed by atoms with Crippen LogP contribution in [0.4, 0.5) is 0 Å². The van der Waals surface area contributed by atoms with Crippen LogP contribution in [0.1, 0.15) is 55.0 Å². The van der Waals surface area contributed by atoms with Gasteiger partial charge in [0.05, 0.1) is 16.7 Å². The molecule has 0 radical (unpaired) electrons. The molecular formula is C22H33N3O4S. The summed E-state index contributed by atoms with van der Waals surface area (Å²) in [7, 11) is 0. The number of rotatable bonds is 7. The number of hydrogen-bond acceptors (Lipinski definition) is 6. The number of fused-ring (bicyclic) bond motifs is 1. The molecule has 1 amide bonds. The molecule has 0 aromatic carbocycles. The van der Waals surface area contributed by atoms with Crippen LogP contribution in [0.5, 0.6) is 0 Å². The van der Waals surface area contributed by atoms with Crippen molar-refractivity contribution in [2.24, 2.45) is 11.8 Å². The van der Waals surface area contributed by atoms with Crippen molar-refractivity contribution in [1.82, 2.24) is 15.2 Å². The summed E-state index contributed by atoms with van der Waals surface area (Å²) in [6.45, 7) is 10.1. The second kappa shape index (κ2) is 10.0. The minimum absolute atomic E-state index is 0.0425. The first-order chi connectivity index (χ1) is 14.4. The zero-order valence-corrected chi connectivity index (χ0v) is 18.9. The molecule has 3 fully saturated rings. The number of carboxylic acid groups (broad SMARTS) is 1. The average molecular weight is 436 g/mol. The Morgan fingerprint density at radius 1 is 1.53 bits per heavy atom. The molecule has 0 aliphatic carbocycles. The average Bonchev–Trinajstić information content (AvgIpc) is 3.47. The Morgan fingerprint density at radius 3 is 2.97 bits per heavy atom. The van der Waals surface area contributed by atoms with Gasteiger partial charge in [-0.2, -0.15) is 0 Å². The highest BCUT2D eigenvalue weighted by atomic mass is 32.1. The lowest BCUT2D eigenvalue weighted by molar-refractivity contribution is -0.122. The highest BCUT2D eigenvalue weighted by molar-refractivity contribution is 7.09. The first-order valence-corrected chi connectivity index (χ1v) is 11.6. The van der Waals surface area contributed by atoms with E-state index in [0.29, 0.717) is 30.2 Å². The Morgan fingerprint density at radius 2 is 2.30 bits per heavy atom. The number of likely N-dealkylation sites (tertiary alicyclic amines) is 1. The Balaban J connectivity index is 0.000000806. The van der Waals surface area contributed by atoms with Gasteiger partial charge in [0.1, 0.15) is 5.69 Å². The molecule has 0 unspecified atom stereocenters. The van der Waals surface area contributed by atoms with Gasteiger partial charge in [-0.1, -0.05) is 18.6 Å². The molecule has 3 saturated heterocycles. The number of nitrogens with one attached hydrogen (secondary N) is 1. The molecule has 1 aromatic heterocycles. The molecule has 4 atom stereocenters. The summed E-state index contributed by atoms with van der Waals surface area (Å²) in [5.74, 6) is 0.927. The molecule has 3 aliphatic rings. The molecule has 7 nitrogen and oxygen atoms in total. The molecule has 1 spiro atoms. The van der Waals surface area contributed by atoms with Gasteiger partial charge in [-0.3, -0.25) is 14.5 Å². The van der Waals surface area contributed by atoms with E-state index in [4.69, 9.17) is 14.6 Å². The van der Waals surface area contributed by atoms with Crippen molar-refractivity contribution in [2.45, 2.75) is 58.2 Å². The Bertz CT molecular complexity index is 780. The van der Waals surface area contributed by atoms with Gasteiger partial charge < -0.3 is 15.2 Å². The number of allylic oxidation sites excluding steroid dienone is 1. The standard InChI is InChI=1S/C21H31N3O2S.CH2O2/c1-4-14(2)6-5-9-24-11-17-16(19-7-8-21(17,13-24)26-19)10-22-20(25)18-12-27-15(3)23-18;2-1-3/h6,12,16-17,19H,4-5,7-11,13H2,1-3H3,(H,22,25);1H,(H,2,3)/b14-6+;/t16-,17+,19+,21+;/m0./s1. The quantitative estimate of drug-likeness (QED) is 0.505. The SMILES string of the molecule is CC/C(C)=C/CCN1C[C@@H]2[C@H](CNC(=O)c3csc(C)n3)[C@H]3CC[C@]2(C1)O3.O=CO. The van der Waals surface area contributed by atoms with Crippen molar-refractivity contribution < 1.29 is 19.4 Å². The zero-order valence-electron chi connectivity index (χ0n) is 18.1. The van der Waals surface area contributed by atoms with Gasteiger partial charge >= 0.3 is 0 Å². The van der Waals surface area contributed by atoms with E-state index in [-0.39, 0.29) is 18.0 Å². The number of carbonyl (C=O) groups excluding carboxylic acids is 1. The fourth-order valence-corrected chi connectivity index (χ4v) is 5.73. The van der Waals surface area contributed by atoms with Gasteiger partial charge in [0, 0.05) is 43.4 Å². The molecule has 166 valence electrons. The number of nitrogens with zero attached hydrogens (tertiary/aromatic N) is 2. The van der Waals surface area contributed by atoms with E-state index >= 15 is 0 Å². The van der Waals surface area contributed by atoms with Crippen molar-refractivity contribution in [1.29, 1.82) is 0 Å². The molecular weight excluding hydrogens is 402 g/mol. The number of thiazole rings is 1. The van der Waals surface area contributed by atoms with Crippen LogP contribution in [-0.2, 0) is 9.53 Å². The van der Waals surface area contributed by atoms with Crippen LogP contribution < -0.4 is 5.32 Å². The molecule has 30 heavy (non-hydrogen) atoms. The van der Waals surface area contributed by atoms with E-state index in [2.05, 4.69) is 35.1 Å². The number of ether oxygens (including phenoxy) is 1. The summed E-state index contributed by atoms with van der Waals surface area (Å²) in [5.41, 5.74) is 2.06. The lowest BCUT2D eigenvalue weighted by Crippen LogP contribution is -2.42. The highest BCUT2D eigenvalue weighted by Crippen LogP contribution is 2.54. The Kier molecular flexibility index (Phi) is 7.65. The monoisotopic (exact) mass is 435 g/mol. The first kappa shape index (κ1) is 22.9. The highest BCUT2D eigenvalue weighted by Gasteiger charge is 2.62. The summed E-state index contributed by atoms with van der Waals surface area (Å²) in [5, 5.41) is 12.8. The maximum Gasteiger partial charge on any atom is 0.290 e. The molecule has 4 rings (SSSR count). The summed E-state index contributed by atoms with van der Waals surface area (Å²) in [6, 6.07) is 0. The van der Waals surface area contributed by atoms with E-state index in [1.54, 1.807) is 0 Å². The van der Waals surface area contributed by atoms with Crippen LogP contribution in [0, 0.1) is 18.8 Å². The summed E-state index contributed by atoms with van der Waals surface area (Å²) >= 11 is 1.52. The molecule has 4 heterocycles. The molecule has 1 aromatic rings. The van der Waals surface area contributed by atoms with E-state index in [0.717, 1.165) is 43.9 Å². The van der Waals surface area contributed by atoms with Gasteiger partial charge in [-0.25, -0.2) is 4.98 Å². The molecule has 3 aliphatic heterocycles. The molecule has 8 heteroatoms. The predicted molar refractivity (Wildman–Crippen MR) is 117 cm³/mol. The van der Waals surface area contributed by atoms with E-state index in [1.807, 2.05) is 12.3 Å². The van der Waals surface area contributed by atoms with Gasteiger partial charge in [0.2, 0.25) is 0 Å². The summed E-state index contributed by atoms with van der Waals surface area (Å²) in [6.07, 6.45) is 7.26. The molecule has 2 N–H and O–H groups in total. The van der Waals surface area contributed by atoms with Crippen LogP contribution in [0.2, 0.25) is 0 Å². The van der Waals surface area contributed by atoms with Crippen molar-refractivity contribution in [2.75, 3.05) is 26.2 Å². The third-order valence-electron chi connectivity index (χ3n) is 6.70. The number of aryl methyl sites for hydroxylation is 1. The fraction of sp³-hybridized carbons (Fsp3) is 0.682. The van der Waals surface area contributed by atoms with Crippen molar-refractivity contribution in [3.8, 4) is 0 Å². The van der Waals surface area contributed by atoms with E-state index in [1.165, 1.54) is 23.3 Å². The van der Waals surface area contributed by atoms with Crippen LogP contribution in [-0.4, -0.2) is 65.3 Å². The summed E-state index contributed by atoms with van der Waals surface area (Å²) in [4.78, 5) is 27.6. The van der Waals surface area contributed by atoms with Crippen LogP contribution in [0.3, 0.4) is 0 Å². The Labute approximate surface area is 182 Å².